The smallest absolute Gasteiger partial charge is 0.163 e. The van der Waals surface area contributed by atoms with E-state index in [9.17, 15) is 0 Å². The summed E-state index contributed by atoms with van der Waals surface area (Å²) >= 11 is 0. The second-order valence-electron chi connectivity index (χ2n) is 4.51. The van der Waals surface area contributed by atoms with Gasteiger partial charge in [0.15, 0.2) is 5.57 Å². The molecule has 0 spiro atoms. The molecule has 19 heavy (non-hydrogen) atoms. The van der Waals surface area contributed by atoms with Gasteiger partial charge in [0.2, 0.25) is 0 Å². The summed E-state index contributed by atoms with van der Waals surface area (Å²) in [6.45, 7) is 4.26. The van der Waals surface area contributed by atoms with Crippen LogP contribution in [0.25, 0.3) is 0 Å². The highest BCUT2D eigenvalue weighted by Gasteiger charge is 2.06. The molecule has 0 radical (unpaired) electrons. The van der Waals surface area contributed by atoms with E-state index in [0.717, 1.165) is 12.0 Å². The zero-order valence-corrected chi connectivity index (χ0v) is 10.9. The molecule has 0 saturated heterocycles. The van der Waals surface area contributed by atoms with Gasteiger partial charge in [-0.05, 0) is 30.0 Å². The second-order valence-corrected chi connectivity index (χ2v) is 4.51. The maximum absolute atomic E-state index is 8.96. The van der Waals surface area contributed by atoms with Gasteiger partial charge in [0.05, 0.1) is 0 Å². The number of allylic oxidation sites excluding steroid dienone is 2. The third-order valence-corrected chi connectivity index (χ3v) is 2.43. The Morgan fingerprint density at radius 2 is 1.84 bits per heavy atom. The lowest BCUT2D eigenvalue weighted by molar-refractivity contribution is 0.647. The number of nitrogens with one attached hydrogen (secondary N) is 1. The predicted molar refractivity (Wildman–Crippen MR) is 72.5 cm³/mol. The number of hydrogen-bond donors (Lipinski definition) is 1. The fourth-order valence-corrected chi connectivity index (χ4v) is 1.67. The highest BCUT2D eigenvalue weighted by Crippen LogP contribution is 2.16. The van der Waals surface area contributed by atoms with Gasteiger partial charge in [0.25, 0.3) is 0 Å². The van der Waals surface area contributed by atoms with Crippen LogP contribution in [0.3, 0.4) is 0 Å². The summed E-state index contributed by atoms with van der Waals surface area (Å²) in [6, 6.07) is 12.9. The van der Waals surface area contributed by atoms with E-state index in [0.29, 0.717) is 11.6 Å². The maximum Gasteiger partial charge on any atom is 0.163 e. The fraction of sp³-hybridized carbons (Fsp3) is 0.267. The molecule has 0 aliphatic heterocycles. The molecule has 0 amide bonds. The number of nitriles is 3. The van der Waals surface area contributed by atoms with E-state index in [1.165, 1.54) is 0 Å². The van der Waals surface area contributed by atoms with E-state index in [-0.39, 0.29) is 11.3 Å². The molecule has 94 valence electrons. The van der Waals surface area contributed by atoms with Crippen molar-refractivity contribution in [3.63, 3.8) is 0 Å². The zero-order chi connectivity index (χ0) is 14.3. The molecule has 1 aromatic carbocycles. The first-order valence-electron chi connectivity index (χ1n) is 5.91. The average molecular weight is 250 g/mol. The minimum absolute atomic E-state index is 0.0216. The van der Waals surface area contributed by atoms with Crippen LogP contribution >= 0.6 is 0 Å². The number of hydrogen-bond acceptors (Lipinski definition) is 4. The lowest BCUT2D eigenvalue weighted by Gasteiger charge is -2.09. The van der Waals surface area contributed by atoms with E-state index in [1.807, 2.05) is 24.3 Å². The lowest BCUT2D eigenvalue weighted by Crippen LogP contribution is -2.01. The van der Waals surface area contributed by atoms with E-state index in [4.69, 9.17) is 15.8 Å². The summed E-state index contributed by atoms with van der Waals surface area (Å²) in [5.74, 6) is 0.537. The third kappa shape index (κ3) is 4.19. The maximum atomic E-state index is 8.96. The van der Waals surface area contributed by atoms with Gasteiger partial charge in [0.1, 0.15) is 23.9 Å². The Morgan fingerprint density at radius 1 is 1.16 bits per heavy atom. The Morgan fingerprint density at radius 3 is 2.37 bits per heavy atom. The Bertz CT molecular complexity index is 590. The second kappa shape index (κ2) is 6.84. The molecule has 4 heteroatoms. The monoisotopic (exact) mass is 250 g/mol. The fourth-order valence-electron chi connectivity index (χ4n) is 1.67. The standard InChI is InChI=1S/C15H14N4/c1-11(2)6-12-4-3-5-14(7-12)19-15(10-18)13(8-16)9-17/h3-5,7,11,19H,6H2,1-2H3. The Hall–Kier alpha value is -2.77. The molecule has 0 aromatic heterocycles. The molecule has 4 nitrogen and oxygen atoms in total. The van der Waals surface area contributed by atoms with E-state index in [2.05, 4.69) is 19.2 Å². The van der Waals surface area contributed by atoms with Gasteiger partial charge in [-0.25, -0.2) is 0 Å². The van der Waals surface area contributed by atoms with Crippen LogP contribution in [0.4, 0.5) is 5.69 Å². The largest absolute Gasteiger partial charge is 0.345 e. The highest BCUT2D eigenvalue weighted by molar-refractivity contribution is 5.58. The van der Waals surface area contributed by atoms with Crippen LogP contribution in [0.2, 0.25) is 0 Å². The minimum Gasteiger partial charge on any atom is -0.345 e. The van der Waals surface area contributed by atoms with Crippen molar-refractivity contribution in [1.82, 2.24) is 0 Å². The first-order chi connectivity index (χ1) is 9.10. The minimum atomic E-state index is -0.211. The number of anilines is 1. The van der Waals surface area contributed by atoms with Crippen LogP contribution in [0.1, 0.15) is 19.4 Å². The molecular weight excluding hydrogens is 236 g/mol. The molecule has 0 fully saturated rings. The molecule has 0 unspecified atom stereocenters. The molecule has 0 bridgehead atoms. The van der Waals surface area contributed by atoms with Crippen LogP contribution in [0, 0.1) is 39.9 Å². The molecule has 1 N–H and O–H groups in total. The van der Waals surface area contributed by atoms with Gasteiger partial charge in [-0.1, -0.05) is 26.0 Å². The summed E-state index contributed by atoms with van der Waals surface area (Å²) in [4.78, 5) is 0. The van der Waals surface area contributed by atoms with Gasteiger partial charge in [0, 0.05) is 5.69 Å². The first-order valence-corrected chi connectivity index (χ1v) is 5.91. The lowest BCUT2D eigenvalue weighted by atomic mass is 10.0. The quantitative estimate of drug-likeness (QED) is 0.832. The van der Waals surface area contributed by atoms with Crippen LogP contribution in [-0.4, -0.2) is 0 Å². The van der Waals surface area contributed by atoms with Gasteiger partial charge in [-0.15, -0.1) is 0 Å². The van der Waals surface area contributed by atoms with E-state index in [1.54, 1.807) is 18.2 Å². The van der Waals surface area contributed by atoms with Crippen molar-refractivity contribution in [3.05, 3.63) is 41.1 Å². The molecule has 0 saturated carbocycles. The van der Waals surface area contributed by atoms with Crippen molar-refractivity contribution < 1.29 is 0 Å². The summed E-state index contributed by atoms with van der Waals surface area (Å²) < 4.78 is 0. The van der Waals surface area contributed by atoms with E-state index < -0.39 is 0 Å². The Balaban J connectivity index is 3.01. The summed E-state index contributed by atoms with van der Waals surface area (Å²) in [6.07, 6.45) is 0.935. The Kier molecular flexibility index (Phi) is 5.15. The number of nitrogens with zero attached hydrogens (tertiary/aromatic N) is 3. The van der Waals surface area contributed by atoms with Gasteiger partial charge in [-0.3, -0.25) is 0 Å². The SMILES string of the molecule is CC(C)Cc1cccc(NC(C#N)=C(C#N)C#N)c1. The molecule has 0 aliphatic carbocycles. The molecule has 0 heterocycles. The third-order valence-electron chi connectivity index (χ3n) is 2.43. The van der Waals surface area contributed by atoms with Crippen LogP contribution in [0.5, 0.6) is 0 Å². The first kappa shape index (κ1) is 14.3. The van der Waals surface area contributed by atoms with E-state index >= 15 is 0 Å². The van der Waals surface area contributed by atoms with Crippen molar-refractivity contribution in [1.29, 1.82) is 15.8 Å². The van der Waals surface area contributed by atoms with Crippen LogP contribution < -0.4 is 5.32 Å². The molecular formula is C15H14N4. The van der Waals surface area contributed by atoms with Crippen molar-refractivity contribution >= 4 is 5.69 Å². The molecule has 0 atom stereocenters. The topological polar surface area (TPSA) is 83.4 Å². The Labute approximate surface area is 113 Å². The summed E-state index contributed by atoms with van der Waals surface area (Å²) in [5.41, 5.74) is 1.62. The van der Waals surface area contributed by atoms with Gasteiger partial charge < -0.3 is 5.32 Å². The van der Waals surface area contributed by atoms with Crippen LogP contribution in [0.15, 0.2) is 35.5 Å². The van der Waals surface area contributed by atoms with Gasteiger partial charge >= 0.3 is 0 Å². The number of rotatable bonds is 4. The molecule has 0 aliphatic rings. The molecule has 1 aromatic rings. The normalized spacial score (nSPS) is 9.05. The molecule has 1 rings (SSSR count). The van der Waals surface area contributed by atoms with Crippen molar-refractivity contribution in [3.8, 4) is 18.2 Å². The van der Waals surface area contributed by atoms with Crippen molar-refractivity contribution in [2.75, 3.05) is 5.32 Å². The van der Waals surface area contributed by atoms with Crippen molar-refractivity contribution in [2.45, 2.75) is 20.3 Å². The highest BCUT2D eigenvalue weighted by atomic mass is 14.9. The average Bonchev–Trinajstić information content (AvgIpc) is 2.38. The van der Waals surface area contributed by atoms with Crippen LogP contribution in [-0.2, 0) is 6.42 Å². The van der Waals surface area contributed by atoms with Gasteiger partial charge in [-0.2, -0.15) is 15.8 Å². The number of benzene rings is 1. The predicted octanol–water partition coefficient (Wildman–Crippen LogP) is 3.12. The summed E-state index contributed by atoms with van der Waals surface area (Å²) in [5, 5.41) is 29.3. The summed E-state index contributed by atoms with van der Waals surface area (Å²) in [7, 11) is 0. The van der Waals surface area contributed by atoms with Crippen molar-refractivity contribution in [2.24, 2.45) is 5.92 Å². The zero-order valence-electron chi connectivity index (χ0n) is 10.9.